The lowest BCUT2D eigenvalue weighted by Crippen LogP contribution is -2.15. The lowest BCUT2D eigenvalue weighted by atomic mass is 9.92. The normalized spacial score (nSPS) is 11.9. The van der Waals surface area contributed by atoms with E-state index in [4.69, 9.17) is 9.76 Å². The summed E-state index contributed by atoms with van der Waals surface area (Å²) < 4.78 is 5.25. The van der Waals surface area contributed by atoms with Crippen molar-refractivity contribution < 1.29 is 14.6 Å². The van der Waals surface area contributed by atoms with E-state index in [0.717, 1.165) is 20.3 Å². The molecule has 16 heavy (non-hydrogen) atoms. The van der Waals surface area contributed by atoms with Crippen LogP contribution < -0.4 is 0 Å². The molecule has 0 aliphatic rings. The van der Waals surface area contributed by atoms with E-state index >= 15 is 0 Å². The summed E-state index contributed by atoms with van der Waals surface area (Å²) >= 11 is 0. The highest BCUT2D eigenvalue weighted by atomic mass is 16.5. The Morgan fingerprint density at radius 1 is 1.44 bits per heavy atom. The SMILES string of the molecule is CC(CCC[B]O)OC(=O)c1ccccc1. The van der Waals surface area contributed by atoms with Crippen molar-refractivity contribution in [1.29, 1.82) is 0 Å². The molecule has 0 fully saturated rings. The van der Waals surface area contributed by atoms with Crippen molar-refractivity contribution in [3.05, 3.63) is 35.9 Å². The number of benzene rings is 1. The average molecular weight is 219 g/mol. The molecule has 0 spiro atoms. The Morgan fingerprint density at radius 3 is 2.75 bits per heavy atom. The highest BCUT2D eigenvalue weighted by Gasteiger charge is 2.10. The van der Waals surface area contributed by atoms with E-state index in [2.05, 4.69) is 0 Å². The van der Waals surface area contributed by atoms with Crippen LogP contribution in [0.25, 0.3) is 0 Å². The van der Waals surface area contributed by atoms with Crippen LogP contribution in [0.5, 0.6) is 0 Å². The molecule has 1 unspecified atom stereocenters. The van der Waals surface area contributed by atoms with Gasteiger partial charge in [0.1, 0.15) is 0 Å². The molecule has 1 aromatic carbocycles. The molecule has 3 nitrogen and oxygen atoms in total. The second-order valence-electron chi connectivity index (χ2n) is 3.70. The van der Waals surface area contributed by atoms with Gasteiger partial charge in [-0.1, -0.05) is 30.9 Å². The van der Waals surface area contributed by atoms with Crippen molar-refractivity contribution in [3.8, 4) is 0 Å². The second kappa shape index (κ2) is 7.07. The first-order chi connectivity index (χ1) is 7.74. The highest BCUT2D eigenvalue weighted by molar-refractivity contribution is 6.25. The Kier molecular flexibility index (Phi) is 5.64. The van der Waals surface area contributed by atoms with Crippen LogP contribution in [-0.4, -0.2) is 24.6 Å². The van der Waals surface area contributed by atoms with Crippen molar-refractivity contribution >= 4 is 13.5 Å². The zero-order valence-electron chi connectivity index (χ0n) is 9.43. The number of carbonyl (C=O) groups excluding carboxylic acids is 1. The minimum Gasteiger partial charge on any atom is -0.459 e. The van der Waals surface area contributed by atoms with Gasteiger partial charge in [0.15, 0.2) is 0 Å². The van der Waals surface area contributed by atoms with E-state index in [0.29, 0.717) is 11.9 Å². The maximum atomic E-state index is 11.6. The van der Waals surface area contributed by atoms with E-state index in [1.807, 2.05) is 25.1 Å². The molecular formula is C12H16BO3. The summed E-state index contributed by atoms with van der Waals surface area (Å²) in [6, 6.07) is 8.94. The van der Waals surface area contributed by atoms with Gasteiger partial charge < -0.3 is 9.76 Å². The molecule has 0 aliphatic carbocycles. The third-order valence-corrected chi connectivity index (χ3v) is 2.26. The molecule has 85 valence electrons. The largest absolute Gasteiger partial charge is 0.459 e. The van der Waals surface area contributed by atoms with Gasteiger partial charge in [0.05, 0.1) is 11.7 Å². The first kappa shape index (κ1) is 12.8. The van der Waals surface area contributed by atoms with E-state index < -0.39 is 0 Å². The molecule has 0 aromatic heterocycles. The molecule has 0 heterocycles. The third kappa shape index (κ3) is 4.49. The van der Waals surface area contributed by atoms with Crippen LogP contribution in [0.3, 0.4) is 0 Å². The van der Waals surface area contributed by atoms with Gasteiger partial charge in [-0.2, -0.15) is 0 Å². The van der Waals surface area contributed by atoms with Crippen molar-refractivity contribution in [2.45, 2.75) is 32.2 Å². The minimum absolute atomic E-state index is 0.118. The maximum absolute atomic E-state index is 11.6. The average Bonchev–Trinajstić information content (AvgIpc) is 2.30. The Morgan fingerprint density at radius 2 is 2.12 bits per heavy atom. The van der Waals surface area contributed by atoms with Gasteiger partial charge in [-0.15, -0.1) is 0 Å². The number of rotatable bonds is 6. The van der Waals surface area contributed by atoms with Crippen LogP contribution in [0.1, 0.15) is 30.1 Å². The molecule has 1 radical (unpaired) electrons. The topological polar surface area (TPSA) is 46.5 Å². The molecule has 1 atom stereocenters. The van der Waals surface area contributed by atoms with Crippen LogP contribution in [0.15, 0.2) is 30.3 Å². The Balaban J connectivity index is 2.34. The van der Waals surface area contributed by atoms with Gasteiger partial charge in [-0.25, -0.2) is 4.79 Å². The van der Waals surface area contributed by atoms with Crippen molar-refractivity contribution in [2.24, 2.45) is 0 Å². The van der Waals surface area contributed by atoms with Gasteiger partial charge in [0.2, 0.25) is 0 Å². The molecule has 0 amide bonds. The van der Waals surface area contributed by atoms with Crippen molar-refractivity contribution in [1.82, 2.24) is 0 Å². The lowest BCUT2D eigenvalue weighted by Gasteiger charge is -2.12. The van der Waals surface area contributed by atoms with Gasteiger partial charge in [0, 0.05) is 0 Å². The molecule has 0 saturated heterocycles. The minimum atomic E-state index is -0.291. The first-order valence-electron chi connectivity index (χ1n) is 5.46. The smallest absolute Gasteiger partial charge is 0.338 e. The second-order valence-corrected chi connectivity index (χ2v) is 3.70. The molecule has 0 aliphatic heterocycles. The highest BCUT2D eigenvalue weighted by Crippen LogP contribution is 2.08. The fourth-order valence-corrected chi connectivity index (χ4v) is 1.38. The molecular weight excluding hydrogens is 203 g/mol. The molecule has 4 heteroatoms. The predicted molar refractivity (Wildman–Crippen MR) is 63.3 cm³/mol. The third-order valence-electron chi connectivity index (χ3n) is 2.26. The van der Waals surface area contributed by atoms with Crippen LogP contribution in [0.2, 0.25) is 6.32 Å². The van der Waals surface area contributed by atoms with Crippen LogP contribution >= 0.6 is 0 Å². The fraction of sp³-hybridized carbons (Fsp3) is 0.417. The van der Waals surface area contributed by atoms with E-state index in [1.54, 1.807) is 12.1 Å². The summed E-state index contributed by atoms with van der Waals surface area (Å²) in [5.74, 6) is -0.291. The zero-order chi connectivity index (χ0) is 11.8. The summed E-state index contributed by atoms with van der Waals surface area (Å²) in [7, 11) is 1.13. The number of hydrogen-bond acceptors (Lipinski definition) is 3. The monoisotopic (exact) mass is 219 g/mol. The van der Waals surface area contributed by atoms with Gasteiger partial charge in [-0.3, -0.25) is 0 Å². The summed E-state index contributed by atoms with van der Waals surface area (Å²) in [6.45, 7) is 1.86. The Labute approximate surface area is 96.7 Å². The van der Waals surface area contributed by atoms with E-state index in [9.17, 15) is 4.79 Å². The number of esters is 1. The predicted octanol–water partition coefficient (Wildman–Crippen LogP) is 2.04. The Hall–Kier alpha value is -1.29. The van der Waals surface area contributed by atoms with E-state index in [1.165, 1.54) is 0 Å². The van der Waals surface area contributed by atoms with Crippen LogP contribution in [-0.2, 0) is 4.74 Å². The van der Waals surface area contributed by atoms with Gasteiger partial charge in [-0.05, 0) is 25.5 Å². The summed E-state index contributed by atoms with van der Waals surface area (Å²) in [6.07, 6.45) is 2.09. The summed E-state index contributed by atoms with van der Waals surface area (Å²) in [4.78, 5) is 11.6. The van der Waals surface area contributed by atoms with Crippen molar-refractivity contribution in [2.75, 3.05) is 0 Å². The van der Waals surface area contributed by atoms with Crippen LogP contribution in [0.4, 0.5) is 0 Å². The summed E-state index contributed by atoms with van der Waals surface area (Å²) in [5.41, 5.74) is 0.572. The van der Waals surface area contributed by atoms with Gasteiger partial charge in [0.25, 0.3) is 7.48 Å². The molecule has 1 aromatic rings. The maximum Gasteiger partial charge on any atom is 0.338 e. The summed E-state index contributed by atoms with van der Waals surface area (Å²) in [5, 5.41) is 8.51. The molecule has 1 N–H and O–H groups in total. The van der Waals surface area contributed by atoms with E-state index in [-0.39, 0.29) is 12.1 Å². The van der Waals surface area contributed by atoms with Crippen molar-refractivity contribution in [3.63, 3.8) is 0 Å². The molecule has 1 rings (SSSR count). The standard InChI is InChI=1S/C12H16BO3/c1-10(6-5-9-13-15)16-12(14)11-7-3-2-4-8-11/h2-4,7-8,10,15H,5-6,9H2,1H3. The quantitative estimate of drug-likeness (QED) is 0.452. The lowest BCUT2D eigenvalue weighted by molar-refractivity contribution is 0.0323. The molecule has 0 saturated carbocycles. The first-order valence-corrected chi connectivity index (χ1v) is 5.46. The fourth-order valence-electron chi connectivity index (χ4n) is 1.38. The van der Waals surface area contributed by atoms with Gasteiger partial charge >= 0.3 is 5.97 Å². The zero-order valence-corrected chi connectivity index (χ0v) is 9.43. The number of ether oxygens (including phenoxy) is 1. The number of carbonyl (C=O) groups is 1. The molecule has 0 bridgehead atoms. The Bertz CT molecular complexity index is 313. The number of hydrogen-bond donors (Lipinski definition) is 1. The van der Waals surface area contributed by atoms with Crippen LogP contribution in [0, 0.1) is 0 Å².